The lowest BCUT2D eigenvalue weighted by molar-refractivity contribution is 0.367. The zero-order valence-electron chi connectivity index (χ0n) is 17.3. The van der Waals surface area contributed by atoms with E-state index in [1.807, 2.05) is 0 Å². The van der Waals surface area contributed by atoms with Crippen LogP contribution in [0, 0.1) is 0 Å². The van der Waals surface area contributed by atoms with Crippen LogP contribution in [-0.4, -0.2) is 26.0 Å². The van der Waals surface area contributed by atoms with Crippen molar-refractivity contribution >= 4 is 5.95 Å². The minimum atomic E-state index is -0.112. The summed E-state index contributed by atoms with van der Waals surface area (Å²) in [5.41, 5.74) is -0.383. The molecule has 0 aliphatic rings. The molecule has 0 N–H and O–H groups in total. The van der Waals surface area contributed by atoms with Gasteiger partial charge in [-0.3, -0.25) is 0 Å². The minimum absolute atomic E-state index is 0.0795. The van der Waals surface area contributed by atoms with Crippen LogP contribution in [0.2, 0.25) is 0 Å². The van der Waals surface area contributed by atoms with Gasteiger partial charge in [0.15, 0.2) is 0 Å². The van der Waals surface area contributed by atoms with E-state index in [4.69, 9.17) is 15.0 Å². The summed E-state index contributed by atoms with van der Waals surface area (Å²) in [6.45, 7) is 26.1. The maximum Gasteiger partial charge on any atom is 0.229 e. The van der Waals surface area contributed by atoms with E-state index >= 15 is 0 Å². The summed E-state index contributed by atoms with van der Waals surface area (Å²) in [6.07, 6.45) is 0. The summed E-state index contributed by atoms with van der Waals surface area (Å²) < 4.78 is 0. The lowest BCUT2D eigenvalue weighted by atomic mass is 9.92. The third-order valence-electron chi connectivity index (χ3n) is 3.51. The molecule has 0 aliphatic heterocycles. The quantitative estimate of drug-likeness (QED) is 0.740. The van der Waals surface area contributed by atoms with Crippen LogP contribution in [0.15, 0.2) is 0 Å². The Morgan fingerprint density at radius 1 is 0.522 bits per heavy atom. The van der Waals surface area contributed by atoms with Crippen molar-refractivity contribution in [2.24, 2.45) is 0 Å². The van der Waals surface area contributed by atoms with Gasteiger partial charge in [-0.25, -0.2) is 4.98 Å². The van der Waals surface area contributed by atoms with Gasteiger partial charge >= 0.3 is 0 Å². The number of hydrogen-bond donors (Lipinski definition) is 0. The maximum atomic E-state index is 4.86. The SMILES string of the molecule is CC(C)(C)c1nc(N(C(C)(C)C)C(C)(C)C)nc(C(C)(C)C)n1. The molecule has 1 heterocycles. The van der Waals surface area contributed by atoms with Crippen LogP contribution in [0.1, 0.15) is 94.7 Å². The van der Waals surface area contributed by atoms with Gasteiger partial charge in [0.1, 0.15) is 11.6 Å². The largest absolute Gasteiger partial charge is 0.331 e. The van der Waals surface area contributed by atoms with E-state index < -0.39 is 0 Å². The summed E-state index contributed by atoms with van der Waals surface area (Å²) in [4.78, 5) is 16.8. The first-order valence-corrected chi connectivity index (χ1v) is 8.51. The van der Waals surface area contributed by atoms with Gasteiger partial charge in [-0.15, -0.1) is 0 Å². The number of rotatable bonds is 1. The van der Waals surface area contributed by atoms with E-state index in [1.54, 1.807) is 0 Å². The van der Waals surface area contributed by atoms with E-state index in [2.05, 4.69) is 88.0 Å². The van der Waals surface area contributed by atoms with Crippen LogP contribution in [-0.2, 0) is 10.8 Å². The van der Waals surface area contributed by atoms with Crippen molar-refractivity contribution in [3.63, 3.8) is 0 Å². The summed E-state index contributed by atoms with van der Waals surface area (Å²) in [6, 6.07) is 0. The fourth-order valence-corrected chi connectivity index (χ4v) is 2.74. The fourth-order valence-electron chi connectivity index (χ4n) is 2.74. The number of anilines is 1. The van der Waals surface area contributed by atoms with Crippen molar-refractivity contribution in [1.82, 2.24) is 15.0 Å². The molecule has 0 saturated carbocycles. The molecule has 0 amide bonds. The van der Waals surface area contributed by atoms with Gasteiger partial charge in [-0.1, -0.05) is 41.5 Å². The molecule has 23 heavy (non-hydrogen) atoms. The van der Waals surface area contributed by atoms with E-state index in [0.29, 0.717) is 0 Å². The second kappa shape index (κ2) is 5.71. The minimum Gasteiger partial charge on any atom is -0.331 e. The fraction of sp³-hybridized carbons (Fsp3) is 0.842. The molecule has 0 atom stereocenters. The molecule has 1 rings (SSSR count). The monoisotopic (exact) mass is 320 g/mol. The van der Waals surface area contributed by atoms with Crippen LogP contribution in [0.25, 0.3) is 0 Å². The Balaban J connectivity index is 3.69. The van der Waals surface area contributed by atoms with Crippen molar-refractivity contribution in [2.75, 3.05) is 4.90 Å². The molecule has 132 valence electrons. The third-order valence-corrected chi connectivity index (χ3v) is 3.51. The first-order valence-electron chi connectivity index (χ1n) is 8.51. The smallest absolute Gasteiger partial charge is 0.229 e. The lowest BCUT2D eigenvalue weighted by Gasteiger charge is -2.46. The molecule has 1 aromatic heterocycles. The summed E-state index contributed by atoms with van der Waals surface area (Å²) in [7, 11) is 0. The zero-order valence-corrected chi connectivity index (χ0v) is 17.3. The number of hydrogen-bond acceptors (Lipinski definition) is 4. The third kappa shape index (κ3) is 4.89. The van der Waals surface area contributed by atoms with Crippen molar-refractivity contribution in [1.29, 1.82) is 0 Å². The highest BCUT2D eigenvalue weighted by Gasteiger charge is 2.36. The van der Waals surface area contributed by atoms with Crippen LogP contribution in [0.3, 0.4) is 0 Å². The summed E-state index contributed by atoms with van der Waals surface area (Å²) in [5.74, 6) is 2.48. The van der Waals surface area contributed by atoms with E-state index in [-0.39, 0.29) is 21.9 Å². The molecule has 0 fully saturated rings. The van der Waals surface area contributed by atoms with Gasteiger partial charge in [-0.05, 0) is 41.5 Å². The highest BCUT2D eigenvalue weighted by Crippen LogP contribution is 2.32. The summed E-state index contributed by atoms with van der Waals surface area (Å²) >= 11 is 0. The van der Waals surface area contributed by atoms with Crippen molar-refractivity contribution in [3.8, 4) is 0 Å². The molecule has 0 radical (unpaired) electrons. The van der Waals surface area contributed by atoms with E-state index in [1.165, 1.54) is 0 Å². The molecule has 0 aromatic carbocycles. The summed E-state index contributed by atoms with van der Waals surface area (Å²) in [5, 5.41) is 0. The maximum absolute atomic E-state index is 4.86. The molecule has 0 spiro atoms. The standard InChI is InChI=1S/C19H36N4/c1-16(2,3)13-20-14(17(4,5)6)22-15(21-13)23(18(7,8)9)19(10,11)12/h1-12H3. The average Bonchev–Trinajstić information content (AvgIpc) is 2.21. The Hall–Kier alpha value is -1.19. The highest BCUT2D eigenvalue weighted by atomic mass is 15.3. The Kier molecular flexibility index (Phi) is 4.93. The van der Waals surface area contributed by atoms with Gasteiger partial charge in [0, 0.05) is 21.9 Å². The van der Waals surface area contributed by atoms with E-state index in [9.17, 15) is 0 Å². The molecular formula is C19H36N4. The first kappa shape index (κ1) is 19.9. The van der Waals surface area contributed by atoms with Gasteiger partial charge in [-0.2, -0.15) is 9.97 Å². The Morgan fingerprint density at radius 2 is 0.826 bits per heavy atom. The van der Waals surface area contributed by atoms with Crippen molar-refractivity contribution < 1.29 is 0 Å². The molecule has 0 unspecified atom stereocenters. The number of aromatic nitrogens is 3. The molecule has 0 aliphatic carbocycles. The van der Waals surface area contributed by atoms with Gasteiger partial charge < -0.3 is 4.90 Å². The average molecular weight is 321 g/mol. The molecule has 1 aromatic rings. The Labute approximate surface area is 143 Å². The molecule has 4 nitrogen and oxygen atoms in total. The van der Waals surface area contributed by atoms with Crippen LogP contribution >= 0.6 is 0 Å². The van der Waals surface area contributed by atoms with E-state index in [0.717, 1.165) is 17.6 Å². The van der Waals surface area contributed by atoms with Crippen molar-refractivity contribution in [3.05, 3.63) is 11.6 Å². The topological polar surface area (TPSA) is 41.9 Å². The first-order chi connectivity index (χ1) is 9.94. The van der Waals surface area contributed by atoms with Crippen LogP contribution in [0.4, 0.5) is 5.95 Å². The Bertz CT molecular complexity index is 502. The second-order valence-corrected chi connectivity index (χ2v) is 10.5. The number of nitrogens with zero attached hydrogens (tertiary/aromatic N) is 4. The van der Waals surface area contributed by atoms with Crippen LogP contribution in [0.5, 0.6) is 0 Å². The van der Waals surface area contributed by atoms with Gasteiger partial charge in [0.2, 0.25) is 5.95 Å². The predicted molar refractivity (Wildman–Crippen MR) is 99.2 cm³/mol. The molecule has 4 heteroatoms. The molecular weight excluding hydrogens is 284 g/mol. The normalized spacial score (nSPS) is 14.1. The van der Waals surface area contributed by atoms with Crippen LogP contribution < -0.4 is 4.90 Å². The zero-order chi connectivity index (χ0) is 18.4. The Morgan fingerprint density at radius 3 is 1.04 bits per heavy atom. The van der Waals surface area contributed by atoms with Gasteiger partial charge in [0.25, 0.3) is 0 Å². The molecule has 0 bridgehead atoms. The van der Waals surface area contributed by atoms with Crippen molar-refractivity contribution in [2.45, 2.75) is 105 Å². The highest BCUT2D eigenvalue weighted by molar-refractivity contribution is 5.39. The lowest BCUT2D eigenvalue weighted by Crippen LogP contribution is -2.54. The predicted octanol–water partition coefficient (Wildman–Crippen LogP) is 4.87. The second-order valence-electron chi connectivity index (χ2n) is 10.5. The van der Waals surface area contributed by atoms with Gasteiger partial charge in [0.05, 0.1) is 0 Å². The molecule has 0 saturated heterocycles.